The van der Waals surface area contributed by atoms with Crippen LogP contribution in [-0.4, -0.2) is 42.9 Å². The van der Waals surface area contributed by atoms with E-state index in [-0.39, 0.29) is 11.8 Å². The van der Waals surface area contributed by atoms with E-state index >= 15 is 0 Å². The molecular formula is C21H25F3O7S. The number of rotatable bonds is 6. The number of aryl methyl sites for hydroxylation is 3. The van der Waals surface area contributed by atoms with Gasteiger partial charge < -0.3 is 9.47 Å². The molecule has 0 heterocycles. The summed E-state index contributed by atoms with van der Waals surface area (Å²) < 4.78 is 80.5. The van der Waals surface area contributed by atoms with Gasteiger partial charge in [-0.3, -0.25) is 14.1 Å². The largest absolute Gasteiger partial charge is 0.451 e. The average Bonchev–Trinajstić information content (AvgIpc) is 3.23. The Labute approximate surface area is 184 Å². The second-order valence-electron chi connectivity index (χ2n) is 8.75. The Morgan fingerprint density at radius 3 is 2.03 bits per heavy atom. The monoisotopic (exact) mass is 478 g/mol. The summed E-state index contributed by atoms with van der Waals surface area (Å²) in [6.45, 7) is 5.41. The molecule has 0 radical (unpaired) electrons. The lowest BCUT2D eigenvalue weighted by Crippen LogP contribution is -2.44. The topological polar surface area (TPSA) is 107 Å². The van der Waals surface area contributed by atoms with Crippen LogP contribution >= 0.6 is 0 Å². The Morgan fingerprint density at radius 2 is 1.56 bits per heavy atom. The Bertz CT molecular complexity index is 996. The maximum absolute atomic E-state index is 13.2. The molecule has 0 saturated heterocycles. The van der Waals surface area contributed by atoms with Gasteiger partial charge in [-0.05, 0) is 63.0 Å². The number of esters is 2. The van der Waals surface area contributed by atoms with E-state index < -0.39 is 51.9 Å². The van der Waals surface area contributed by atoms with Crippen LogP contribution in [0.1, 0.15) is 36.0 Å². The van der Waals surface area contributed by atoms with Crippen molar-refractivity contribution in [3.8, 4) is 5.75 Å². The number of carbonyl (C=O) groups excluding carboxylic acids is 2. The van der Waals surface area contributed by atoms with Gasteiger partial charge in [-0.15, -0.1) is 0 Å². The lowest BCUT2D eigenvalue weighted by atomic mass is 9.79. The lowest BCUT2D eigenvalue weighted by molar-refractivity contribution is -0.219. The SMILES string of the molecule is Cc1cc(C)c(OC(=O)C2C3CCC(C3)C2C(=O)OC(CS(=O)(=O)O)C(F)(F)F)c(C)c1. The van der Waals surface area contributed by atoms with Gasteiger partial charge in [0.25, 0.3) is 10.1 Å². The Balaban J connectivity index is 1.82. The minimum absolute atomic E-state index is 0.234. The molecule has 2 bridgehead atoms. The Morgan fingerprint density at radius 1 is 1.06 bits per heavy atom. The van der Waals surface area contributed by atoms with Crippen molar-refractivity contribution in [2.75, 3.05) is 5.75 Å². The molecule has 2 saturated carbocycles. The van der Waals surface area contributed by atoms with Crippen LogP contribution in [0.25, 0.3) is 0 Å². The second-order valence-corrected chi connectivity index (χ2v) is 10.2. The van der Waals surface area contributed by atoms with Gasteiger partial charge in [-0.2, -0.15) is 21.6 Å². The molecular weight excluding hydrogens is 453 g/mol. The number of halogens is 3. The predicted octanol–water partition coefficient (Wildman–Crippen LogP) is 3.54. The molecule has 0 aromatic heterocycles. The molecule has 2 aliphatic rings. The van der Waals surface area contributed by atoms with Crippen molar-refractivity contribution < 1.29 is 45.2 Å². The summed E-state index contributed by atoms with van der Waals surface area (Å²) >= 11 is 0. The number of ether oxygens (including phenoxy) is 2. The van der Waals surface area contributed by atoms with E-state index in [1.807, 2.05) is 19.1 Å². The fraction of sp³-hybridized carbons (Fsp3) is 0.619. The molecule has 0 spiro atoms. The first-order valence-corrected chi connectivity index (χ1v) is 11.8. The predicted molar refractivity (Wildman–Crippen MR) is 106 cm³/mol. The number of hydrogen-bond donors (Lipinski definition) is 1. The van der Waals surface area contributed by atoms with Crippen molar-refractivity contribution in [1.82, 2.24) is 0 Å². The van der Waals surface area contributed by atoms with Crippen LogP contribution in [0.15, 0.2) is 12.1 Å². The number of hydrogen-bond acceptors (Lipinski definition) is 6. The van der Waals surface area contributed by atoms with Gasteiger partial charge in [-0.25, -0.2) is 0 Å². The maximum Gasteiger partial charge on any atom is 0.426 e. The van der Waals surface area contributed by atoms with Gasteiger partial charge in [-0.1, -0.05) is 17.7 Å². The van der Waals surface area contributed by atoms with Crippen molar-refractivity contribution in [3.05, 3.63) is 28.8 Å². The van der Waals surface area contributed by atoms with Gasteiger partial charge >= 0.3 is 18.1 Å². The summed E-state index contributed by atoms with van der Waals surface area (Å²) in [6.07, 6.45) is -6.57. The van der Waals surface area contributed by atoms with Crippen LogP contribution in [0, 0.1) is 44.4 Å². The van der Waals surface area contributed by atoms with Crippen molar-refractivity contribution >= 4 is 22.1 Å². The standard InChI is InChI=1S/C21H25F3O7S/c1-10-6-11(2)18(12(3)7-10)31-20(26)17-14-5-4-13(8-14)16(17)19(25)30-15(21(22,23)24)9-32(27,28)29/h6-7,13-17H,4-5,8-9H2,1-3H3,(H,27,28,29). The van der Waals surface area contributed by atoms with Crippen molar-refractivity contribution in [2.24, 2.45) is 23.7 Å². The molecule has 5 unspecified atom stereocenters. The van der Waals surface area contributed by atoms with Crippen LogP contribution in [-0.2, 0) is 24.4 Å². The lowest BCUT2D eigenvalue weighted by Gasteiger charge is -2.30. The van der Waals surface area contributed by atoms with Crippen molar-refractivity contribution in [2.45, 2.75) is 52.3 Å². The van der Waals surface area contributed by atoms with Crippen molar-refractivity contribution in [1.29, 1.82) is 0 Å². The van der Waals surface area contributed by atoms with Gasteiger partial charge in [0, 0.05) is 0 Å². The molecule has 11 heteroatoms. The van der Waals surface area contributed by atoms with Gasteiger partial charge in [0.05, 0.1) is 11.8 Å². The smallest absolute Gasteiger partial charge is 0.426 e. The second kappa shape index (κ2) is 8.66. The zero-order chi connectivity index (χ0) is 24.0. The third kappa shape index (κ3) is 5.25. The Hall–Kier alpha value is -2.14. The fourth-order valence-corrected chi connectivity index (χ4v) is 5.71. The molecule has 1 aromatic rings. The third-order valence-corrected chi connectivity index (χ3v) is 6.98. The number of carbonyl (C=O) groups is 2. The van der Waals surface area contributed by atoms with Crippen LogP contribution in [0.4, 0.5) is 13.2 Å². The van der Waals surface area contributed by atoms with E-state index in [9.17, 15) is 31.2 Å². The molecule has 1 aromatic carbocycles. The normalized spacial score (nSPS) is 26.1. The first kappa shape index (κ1) is 24.5. The molecule has 7 nitrogen and oxygen atoms in total. The maximum atomic E-state index is 13.2. The van der Waals surface area contributed by atoms with Crippen LogP contribution in [0.3, 0.4) is 0 Å². The highest BCUT2D eigenvalue weighted by atomic mass is 32.2. The molecule has 32 heavy (non-hydrogen) atoms. The molecule has 2 aliphatic carbocycles. The van der Waals surface area contributed by atoms with E-state index in [0.717, 1.165) is 5.56 Å². The number of benzene rings is 1. The molecule has 2 fully saturated rings. The molecule has 178 valence electrons. The Kier molecular flexibility index (Phi) is 6.63. The summed E-state index contributed by atoms with van der Waals surface area (Å²) in [4.78, 5) is 25.7. The summed E-state index contributed by atoms with van der Waals surface area (Å²) in [7, 11) is -5.06. The van der Waals surface area contributed by atoms with Crippen molar-refractivity contribution in [3.63, 3.8) is 0 Å². The first-order chi connectivity index (χ1) is 14.7. The zero-order valence-electron chi connectivity index (χ0n) is 17.8. The van der Waals surface area contributed by atoms with E-state index in [1.165, 1.54) is 0 Å². The summed E-state index contributed by atoms with van der Waals surface area (Å²) in [5.41, 5.74) is 2.39. The number of alkyl halides is 3. The molecule has 0 amide bonds. The quantitative estimate of drug-likeness (QED) is 0.379. The summed E-state index contributed by atoms with van der Waals surface area (Å²) in [6, 6.07) is 3.65. The van der Waals surface area contributed by atoms with Gasteiger partial charge in [0.15, 0.2) is 0 Å². The number of fused-ring (bicyclic) bond motifs is 2. The van der Waals surface area contributed by atoms with E-state index in [2.05, 4.69) is 4.74 Å². The fourth-order valence-electron chi connectivity index (χ4n) is 5.07. The average molecular weight is 478 g/mol. The summed E-state index contributed by atoms with van der Waals surface area (Å²) in [5.74, 6) is -6.23. The summed E-state index contributed by atoms with van der Waals surface area (Å²) in [5, 5.41) is 0. The van der Waals surface area contributed by atoms with Crippen LogP contribution in [0.2, 0.25) is 0 Å². The molecule has 1 N–H and O–H groups in total. The van der Waals surface area contributed by atoms with E-state index in [4.69, 9.17) is 9.29 Å². The third-order valence-electron chi connectivity index (χ3n) is 6.25. The highest BCUT2D eigenvalue weighted by Gasteiger charge is 2.57. The zero-order valence-corrected chi connectivity index (χ0v) is 18.6. The molecule has 5 atom stereocenters. The minimum Gasteiger partial charge on any atom is -0.451 e. The highest BCUT2D eigenvalue weighted by Crippen LogP contribution is 2.53. The van der Waals surface area contributed by atoms with E-state index in [1.54, 1.807) is 13.8 Å². The first-order valence-electron chi connectivity index (χ1n) is 10.2. The van der Waals surface area contributed by atoms with Crippen LogP contribution in [0.5, 0.6) is 5.75 Å². The molecule has 0 aliphatic heterocycles. The van der Waals surface area contributed by atoms with Crippen LogP contribution < -0.4 is 4.74 Å². The minimum atomic E-state index is -5.20. The van der Waals surface area contributed by atoms with Gasteiger partial charge in [0.1, 0.15) is 11.5 Å². The van der Waals surface area contributed by atoms with Gasteiger partial charge in [0.2, 0.25) is 6.10 Å². The highest BCUT2D eigenvalue weighted by molar-refractivity contribution is 7.85. The molecule has 3 rings (SSSR count). The van der Waals surface area contributed by atoms with E-state index in [0.29, 0.717) is 36.1 Å².